The van der Waals surface area contributed by atoms with Crippen molar-refractivity contribution >= 4 is 35.3 Å². The summed E-state index contributed by atoms with van der Waals surface area (Å²) in [5, 5.41) is 18.8. The summed E-state index contributed by atoms with van der Waals surface area (Å²) in [5.41, 5.74) is 1.09. The lowest BCUT2D eigenvalue weighted by atomic mass is 10.0. The molecule has 0 heterocycles. The normalized spacial score (nSPS) is 21.3. The Hall–Kier alpha value is -1.24. The number of ketones is 1. The summed E-state index contributed by atoms with van der Waals surface area (Å²) < 4.78 is 0. The van der Waals surface area contributed by atoms with E-state index in [9.17, 15) is 14.7 Å². The number of carboxylic acid groups (broad SMARTS) is 1. The van der Waals surface area contributed by atoms with E-state index in [0.717, 1.165) is 29.9 Å². The number of aliphatic hydroxyl groups is 1. The average molecular weight is 395 g/mol. The summed E-state index contributed by atoms with van der Waals surface area (Å²) in [6.07, 6.45) is 6.23. The van der Waals surface area contributed by atoms with Crippen molar-refractivity contribution in [2.75, 3.05) is 17.3 Å². The van der Waals surface area contributed by atoms with Crippen LogP contribution in [0.2, 0.25) is 0 Å². The second-order valence-electron chi connectivity index (χ2n) is 6.40. The maximum absolute atomic E-state index is 12.1. The average Bonchev–Trinajstić information content (AvgIpc) is 2.97. The van der Waals surface area contributed by atoms with Crippen LogP contribution in [0.25, 0.3) is 0 Å². The van der Waals surface area contributed by atoms with Gasteiger partial charge in [0.2, 0.25) is 0 Å². The Morgan fingerprint density at radius 1 is 1.27 bits per heavy atom. The Morgan fingerprint density at radius 3 is 2.77 bits per heavy atom. The second kappa shape index (κ2) is 11.5. The number of carboxylic acids is 1. The molecule has 1 aliphatic carbocycles. The fourth-order valence-electron chi connectivity index (χ4n) is 2.98. The monoisotopic (exact) mass is 394 g/mol. The molecule has 0 bridgehead atoms. The second-order valence-corrected chi connectivity index (χ2v) is 8.76. The van der Waals surface area contributed by atoms with E-state index in [4.69, 9.17) is 5.11 Å². The number of hydrogen-bond donors (Lipinski definition) is 2. The van der Waals surface area contributed by atoms with Gasteiger partial charge in [-0.3, -0.25) is 9.59 Å². The van der Waals surface area contributed by atoms with Crippen molar-refractivity contribution in [2.24, 2.45) is 5.92 Å². The van der Waals surface area contributed by atoms with Gasteiger partial charge in [0.15, 0.2) is 0 Å². The van der Waals surface area contributed by atoms with Gasteiger partial charge in [-0.05, 0) is 35.8 Å². The lowest BCUT2D eigenvalue weighted by Gasteiger charge is -2.15. The zero-order valence-corrected chi connectivity index (χ0v) is 16.4. The van der Waals surface area contributed by atoms with E-state index >= 15 is 0 Å². The van der Waals surface area contributed by atoms with E-state index in [2.05, 4.69) is 0 Å². The standard InChI is InChI=1S/C20H26O4S2/c21-17(13-15-5-2-1-3-6-15)9-7-16-8-10-18(22)20(16)26-12-4-11-25-14-19(23)24/h1-3,5-7,9,16-17,20-21H,4,8,10-14H2,(H,23,24)/b9-7+/t16?,17?,20-/m1/s1. The van der Waals surface area contributed by atoms with Gasteiger partial charge in [-0.1, -0.05) is 42.5 Å². The molecule has 1 saturated carbocycles. The third-order valence-electron chi connectivity index (χ3n) is 4.25. The van der Waals surface area contributed by atoms with Crippen LogP contribution in [0.1, 0.15) is 24.8 Å². The zero-order valence-electron chi connectivity index (χ0n) is 14.8. The fourth-order valence-corrected chi connectivity index (χ4v) is 5.17. The zero-order chi connectivity index (χ0) is 18.8. The number of carbonyl (C=O) groups is 2. The molecule has 4 nitrogen and oxygen atoms in total. The summed E-state index contributed by atoms with van der Waals surface area (Å²) in [7, 11) is 0. The van der Waals surface area contributed by atoms with Crippen LogP contribution in [0.3, 0.4) is 0 Å². The highest BCUT2D eigenvalue weighted by Gasteiger charge is 2.33. The van der Waals surface area contributed by atoms with E-state index in [0.29, 0.717) is 18.6 Å². The molecule has 6 heteroatoms. The number of hydrogen-bond acceptors (Lipinski definition) is 5. The minimum Gasteiger partial charge on any atom is -0.481 e. The van der Waals surface area contributed by atoms with Gasteiger partial charge in [0, 0.05) is 12.8 Å². The number of rotatable bonds is 11. The van der Waals surface area contributed by atoms with Crippen LogP contribution in [-0.4, -0.2) is 50.6 Å². The van der Waals surface area contributed by atoms with Crippen molar-refractivity contribution in [1.82, 2.24) is 0 Å². The van der Waals surface area contributed by atoms with E-state index in [-0.39, 0.29) is 16.9 Å². The molecule has 0 saturated heterocycles. The van der Waals surface area contributed by atoms with Gasteiger partial charge >= 0.3 is 5.97 Å². The molecular formula is C20H26O4S2. The summed E-state index contributed by atoms with van der Waals surface area (Å²) in [5.74, 6) is 1.49. The van der Waals surface area contributed by atoms with Crippen LogP contribution in [-0.2, 0) is 16.0 Å². The SMILES string of the molecule is O=C(O)CSCCCS[C@H]1C(=O)CCC1/C=C/C(O)Cc1ccccc1. The number of aliphatic carboxylic acids is 1. The molecule has 1 aliphatic rings. The quantitative estimate of drug-likeness (QED) is 0.442. The summed E-state index contributed by atoms with van der Waals surface area (Å²) in [6.45, 7) is 0. The number of benzene rings is 1. The molecule has 2 N–H and O–H groups in total. The smallest absolute Gasteiger partial charge is 0.313 e. The molecule has 0 radical (unpaired) electrons. The predicted octanol–water partition coefficient (Wildman–Crippen LogP) is 3.44. The Morgan fingerprint density at radius 2 is 2.04 bits per heavy atom. The molecule has 3 atom stereocenters. The van der Waals surface area contributed by atoms with Crippen LogP contribution in [0.5, 0.6) is 0 Å². The van der Waals surface area contributed by atoms with E-state index in [1.807, 2.05) is 42.5 Å². The Kier molecular flexibility index (Phi) is 9.29. The first-order valence-electron chi connectivity index (χ1n) is 8.90. The molecule has 0 aliphatic heterocycles. The van der Waals surface area contributed by atoms with E-state index in [1.165, 1.54) is 11.8 Å². The molecular weight excluding hydrogens is 368 g/mol. The Balaban J connectivity index is 1.74. The fraction of sp³-hybridized carbons (Fsp3) is 0.500. The van der Waals surface area contributed by atoms with Gasteiger partial charge in [-0.15, -0.1) is 11.8 Å². The predicted molar refractivity (Wildman–Crippen MR) is 109 cm³/mol. The lowest BCUT2D eigenvalue weighted by molar-refractivity contribution is -0.133. The molecule has 2 rings (SSSR count). The van der Waals surface area contributed by atoms with Crippen molar-refractivity contribution in [3.05, 3.63) is 48.0 Å². The van der Waals surface area contributed by atoms with Crippen LogP contribution in [0.4, 0.5) is 0 Å². The number of allylic oxidation sites excluding steroid dienone is 1. The highest BCUT2D eigenvalue weighted by molar-refractivity contribution is 8.01. The topological polar surface area (TPSA) is 74.6 Å². The molecule has 1 aromatic carbocycles. The Labute approximate surface area is 163 Å². The molecule has 0 spiro atoms. The molecule has 2 unspecified atom stereocenters. The van der Waals surface area contributed by atoms with Gasteiger partial charge < -0.3 is 10.2 Å². The van der Waals surface area contributed by atoms with E-state index < -0.39 is 12.1 Å². The maximum Gasteiger partial charge on any atom is 0.313 e. The van der Waals surface area contributed by atoms with Crippen LogP contribution < -0.4 is 0 Å². The third-order valence-corrected chi connectivity index (χ3v) is 6.78. The molecule has 1 aromatic rings. The van der Waals surface area contributed by atoms with Crippen LogP contribution >= 0.6 is 23.5 Å². The number of thioether (sulfide) groups is 2. The summed E-state index contributed by atoms with van der Waals surface area (Å²) in [4.78, 5) is 22.6. The third kappa shape index (κ3) is 7.56. The van der Waals surface area contributed by atoms with Gasteiger partial charge in [-0.2, -0.15) is 11.8 Å². The molecule has 1 fully saturated rings. The number of carbonyl (C=O) groups excluding carboxylic acids is 1. The molecule has 26 heavy (non-hydrogen) atoms. The lowest BCUT2D eigenvalue weighted by Crippen LogP contribution is -2.17. The minimum atomic E-state index is -0.784. The first-order chi connectivity index (χ1) is 12.6. The van der Waals surface area contributed by atoms with Crippen molar-refractivity contribution in [3.63, 3.8) is 0 Å². The first-order valence-corrected chi connectivity index (χ1v) is 11.1. The number of Topliss-reactive ketones (excluding diaryl/α,β-unsaturated/α-hetero) is 1. The Bertz CT molecular complexity index is 603. The van der Waals surface area contributed by atoms with Crippen molar-refractivity contribution in [3.8, 4) is 0 Å². The van der Waals surface area contributed by atoms with Crippen LogP contribution in [0.15, 0.2) is 42.5 Å². The maximum atomic E-state index is 12.1. The summed E-state index contributed by atoms with van der Waals surface area (Å²) in [6, 6.07) is 9.87. The summed E-state index contributed by atoms with van der Waals surface area (Å²) >= 11 is 3.09. The van der Waals surface area contributed by atoms with Gasteiger partial charge in [0.05, 0.1) is 17.1 Å². The highest BCUT2D eigenvalue weighted by atomic mass is 32.2. The van der Waals surface area contributed by atoms with Crippen molar-refractivity contribution in [2.45, 2.75) is 37.0 Å². The van der Waals surface area contributed by atoms with E-state index in [1.54, 1.807) is 11.8 Å². The van der Waals surface area contributed by atoms with Gasteiger partial charge in [0.25, 0.3) is 0 Å². The van der Waals surface area contributed by atoms with Crippen molar-refractivity contribution < 1.29 is 19.8 Å². The highest BCUT2D eigenvalue weighted by Crippen LogP contribution is 2.34. The van der Waals surface area contributed by atoms with Crippen LogP contribution in [0, 0.1) is 5.92 Å². The molecule has 0 amide bonds. The number of aliphatic hydroxyl groups excluding tert-OH is 1. The van der Waals surface area contributed by atoms with Gasteiger partial charge in [0.1, 0.15) is 5.78 Å². The largest absolute Gasteiger partial charge is 0.481 e. The molecule has 142 valence electrons. The van der Waals surface area contributed by atoms with Gasteiger partial charge in [-0.25, -0.2) is 0 Å². The van der Waals surface area contributed by atoms with Crippen molar-refractivity contribution in [1.29, 1.82) is 0 Å². The molecule has 0 aromatic heterocycles. The minimum absolute atomic E-state index is 0.0281. The first kappa shape index (κ1) is 21.1.